The predicted molar refractivity (Wildman–Crippen MR) is 116 cm³/mol. The molecule has 0 radical (unpaired) electrons. The Balaban J connectivity index is 1.77. The molecule has 0 bridgehead atoms. The molecule has 0 aliphatic heterocycles. The van der Waals surface area contributed by atoms with E-state index in [0.29, 0.717) is 23.2 Å². The van der Waals surface area contributed by atoms with E-state index in [4.69, 9.17) is 0 Å². The Morgan fingerprint density at radius 1 is 1.06 bits per heavy atom. The Labute approximate surface area is 181 Å². The molecule has 1 heterocycles. The van der Waals surface area contributed by atoms with Gasteiger partial charge in [-0.3, -0.25) is 9.59 Å². The topological polar surface area (TPSA) is 93.4 Å². The summed E-state index contributed by atoms with van der Waals surface area (Å²) in [7, 11) is -3.88. The summed E-state index contributed by atoms with van der Waals surface area (Å²) in [4.78, 5) is 26.8. The minimum atomic E-state index is -3.88. The van der Waals surface area contributed by atoms with Gasteiger partial charge in [0.15, 0.2) is 0 Å². The highest BCUT2D eigenvalue weighted by Gasteiger charge is 2.51. The van der Waals surface area contributed by atoms with Crippen LogP contribution in [0.3, 0.4) is 0 Å². The number of nitrogens with zero attached hydrogens (tertiary/aromatic N) is 1. The van der Waals surface area contributed by atoms with E-state index in [9.17, 15) is 23.1 Å². The number of rotatable bonds is 4. The largest absolute Gasteiger partial charge is 0.395 e. The van der Waals surface area contributed by atoms with E-state index < -0.39 is 34.1 Å². The molecule has 31 heavy (non-hydrogen) atoms. The van der Waals surface area contributed by atoms with E-state index in [-0.39, 0.29) is 23.2 Å². The third-order valence-electron chi connectivity index (χ3n) is 7.06. The maximum Gasteiger partial charge on any atom is 0.240 e. The third-order valence-corrected chi connectivity index (χ3v) is 8.66. The van der Waals surface area contributed by atoms with Gasteiger partial charge < -0.3 is 5.11 Å². The van der Waals surface area contributed by atoms with Gasteiger partial charge >= 0.3 is 0 Å². The molecule has 6 nitrogen and oxygen atoms in total. The summed E-state index contributed by atoms with van der Waals surface area (Å²) < 4.78 is 27.4. The summed E-state index contributed by atoms with van der Waals surface area (Å²) in [5, 5.41) is 9.35. The summed E-state index contributed by atoms with van der Waals surface area (Å²) in [6.07, 6.45) is 8.09. The highest BCUT2D eigenvalue weighted by molar-refractivity contribution is 7.89. The Morgan fingerprint density at radius 2 is 1.84 bits per heavy atom. The molecule has 0 saturated heterocycles. The van der Waals surface area contributed by atoms with E-state index in [0.717, 1.165) is 25.7 Å². The molecule has 7 heteroatoms. The highest BCUT2D eigenvalue weighted by atomic mass is 32.2. The normalized spacial score (nSPS) is 25.5. The zero-order valence-corrected chi connectivity index (χ0v) is 18.0. The van der Waals surface area contributed by atoms with Gasteiger partial charge in [0.25, 0.3) is 0 Å². The quantitative estimate of drug-likeness (QED) is 0.583. The maximum atomic E-state index is 13.4. The number of allylic oxidation sites excluding steroid dienone is 2. The highest BCUT2D eigenvalue weighted by Crippen LogP contribution is 2.52. The van der Waals surface area contributed by atoms with E-state index in [1.54, 1.807) is 0 Å². The molecule has 3 aliphatic rings. The lowest BCUT2D eigenvalue weighted by Crippen LogP contribution is -2.43. The van der Waals surface area contributed by atoms with Crippen LogP contribution in [0.5, 0.6) is 0 Å². The number of benzene rings is 1. The molecule has 3 atom stereocenters. The summed E-state index contributed by atoms with van der Waals surface area (Å²) in [6.45, 7) is -0.510. The zero-order chi connectivity index (χ0) is 21.8. The fourth-order valence-corrected chi connectivity index (χ4v) is 6.94. The number of aliphatic hydroxyl groups is 1. The lowest BCUT2D eigenvalue weighted by atomic mass is 9.61. The number of aliphatic hydroxyl groups excluding tert-OH is 1. The number of hydrogen-bond donors (Lipinski definition) is 1. The first-order chi connectivity index (χ1) is 14.9. The molecule has 0 spiro atoms. The van der Waals surface area contributed by atoms with Crippen molar-refractivity contribution in [2.75, 3.05) is 12.4 Å². The molecule has 0 amide bonds. The molecule has 162 valence electrons. The van der Waals surface area contributed by atoms with Gasteiger partial charge in [-0.15, -0.1) is 0 Å². The van der Waals surface area contributed by atoms with Crippen molar-refractivity contribution in [1.29, 1.82) is 0 Å². The van der Waals surface area contributed by atoms with E-state index >= 15 is 0 Å². The standard InChI is InChI=1S/C24H25NO5S/c26-12-13-31(29,30)25-14-19(15-6-2-1-3-7-15)21-22(25)18-11-10-16-8-4-5-9-17(16)20(18)23(27)24(21)28/h1-3,6-7,10,14,17-18,20,26H,4-5,8-9,11-13H2. The van der Waals surface area contributed by atoms with Gasteiger partial charge in [0.1, 0.15) is 0 Å². The number of ketones is 2. The summed E-state index contributed by atoms with van der Waals surface area (Å²) in [6, 6.07) is 9.09. The van der Waals surface area contributed by atoms with Gasteiger partial charge in [-0.1, -0.05) is 48.4 Å². The molecule has 1 saturated carbocycles. The minimum absolute atomic E-state index is 0.0150. The second-order valence-electron chi connectivity index (χ2n) is 8.70. The van der Waals surface area contributed by atoms with Gasteiger partial charge in [-0.25, -0.2) is 12.4 Å². The second-order valence-corrected chi connectivity index (χ2v) is 10.7. The van der Waals surface area contributed by atoms with E-state index in [1.165, 1.54) is 15.7 Å². The van der Waals surface area contributed by atoms with Crippen LogP contribution in [0.25, 0.3) is 11.1 Å². The van der Waals surface area contributed by atoms with Gasteiger partial charge in [0.05, 0.1) is 17.9 Å². The monoisotopic (exact) mass is 439 g/mol. The van der Waals surface area contributed by atoms with Crippen molar-refractivity contribution in [3.05, 3.63) is 59.4 Å². The third kappa shape index (κ3) is 3.13. The molecule has 1 aromatic heterocycles. The van der Waals surface area contributed by atoms with Crippen molar-refractivity contribution in [2.45, 2.75) is 38.0 Å². The van der Waals surface area contributed by atoms with Crippen LogP contribution in [0.15, 0.2) is 48.2 Å². The van der Waals surface area contributed by atoms with E-state index in [1.807, 2.05) is 30.3 Å². The molecule has 5 rings (SSSR count). The molecule has 3 unspecified atom stereocenters. The van der Waals surface area contributed by atoms with Gasteiger partial charge in [-0.05, 0) is 37.2 Å². The van der Waals surface area contributed by atoms with Crippen LogP contribution in [0.1, 0.15) is 54.1 Å². The van der Waals surface area contributed by atoms with Crippen LogP contribution in [0.4, 0.5) is 0 Å². The smallest absolute Gasteiger partial charge is 0.240 e. The second kappa shape index (κ2) is 7.57. The van der Waals surface area contributed by atoms with Crippen molar-refractivity contribution in [3.8, 4) is 11.1 Å². The Kier molecular flexibility index (Phi) is 4.98. The van der Waals surface area contributed by atoms with Crippen molar-refractivity contribution in [1.82, 2.24) is 3.97 Å². The van der Waals surface area contributed by atoms with Gasteiger partial charge in [0, 0.05) is 29.3 Å². The summed E-state index contributed by atoms with van der Waals surface area (Å²) in [5.74, 6) is -2.24. The Bertz CT molecular complexity index is 1190. The summed E-state index contributed by atoms with van der Waals surface area (Å²) >= 11 is 0. The average molecular weight is 440 g/mol. The lowest BCUT2D eigenvalue weighted by Gasteiger charge is -2.42. The van der Waals surface area contributed by atoms with Crippen molar-refractivity contribution < 1.29 is 23.1 Å². The molecule has 1 fully saturated rings. The number of Topliss-reactive ketones (excluding diaryl/α,β-unsaturated/α-hetero) is 2. The first-order valence-corrected chi connectivity index (χ1v) is 12.5. The summed E-state index contributed by atoms with van der Waals surface area (Å²) in [5.41, 5.74) is 3.04. The van der Waals surface area contributed by atoms with Crippen LogP contribution in [0.2, 0.25) is 0 Å². The van der Waals surface area contributed by atoms with Crippen LogP contribution < -0.4 is 0 Å². The molecule has 3 aliphatic carbocycles. The SMILES string of the molecule is O=C1C(=O)C2C3CCCCC3=CCC2c2c1c(-c1ccccc1)cn2S(=O)(=O)CCO. The number of fused-ring (bicyclic) bond motifs is 5. The molecule has 2 aromatic rings. The Morgan fingerprint density at radius 3 is 2.58 bits per heavy atom. The van der Waals surface area contributed by atoms with Crippen LogP contribution >= 0.6 is 0 Å². The molecule has 1 N–H and O–H groups in total. The first-order valence-electron chi connectivity index (χ1n) is 10.9. The van der Waals surface area contributed by atoms with Crippen molar-refractivity contribution in [2.24, 2.45) is 11.8 Å². The predicted octanol–water partition coefficient (Wildman–Crippen LogP) is 3.31. The van der Waals surface area contributed by atoms with Crippen LogP contribution in [0, 0.1) is 11.8 Å². The van der Waals surface area contributed by atoms with Crippen molar-refractivity contribution in [3.63, 3.8) is 0 Å². The number of aromatic nitrogens is 1. The maximum absolute atomic E-state index is 13.4. The van der Waals surface area contributed by atoms with E-state index in [2.05, 4.69) is 6.08 Å². The zero-order valence-electron chi connectivity index (χ0n) is 17.2. The van der Waals surface area contributed by atoms with Gasteiger partial charge in [-0.2, -0.15) is 0 Å². The molecular formula is C24H25NO5S. The number of carbonyl (C=O) groups is 2. The first kappa shape index (κ1) is 20.4. The Hall–Kier alpha value is -2.51. The van der Waals surface area contributed by atoms with Crippen LogP contribution in [-0.2, 0) is 14.8 Å². The van der Waals surface area contributed by atoms with Gasteiger partial charge in [0.2, 0.25) is 21.6 Å². The van der Waals surface area contributed by atoms with Crippen LogP contribution in [-0.4, -0.2) is 41.4 Å². The average Bonchev–Trinajstić information content (AvgIpc) is 3.19. The fraction of sp³-hybridized carbons (Fsp3) is 0.417. The van der Waals surface area contributed by atoms with Crippen molar-refractivity contribution >= 4 is 21.6 Å². The number of carbonyl (C=O) groups excluding carboxylic acids is 2. The molecular weight excluding hydrogens is 414 g/mol. The number of hydrogen-bond acceptors (Lipinski definition) is 5. The lowest BCUT2D eigenvalue weighted by molar-refractivity contribution is -0.121. The minimum Gasteiger partial charge on any atom is -0.395 e. The molecule has 1 aromatic carbocycles. The fourth-order valence-electron chi connectivity index (χ4n) is 5.72.